The molecule has 0 bridgehead atoms. The Bertz CT molecular complexity index is 1190. The van der Waals surface area contributed by atoms with Crippen LogP contribution in [-0.2, 0) is 16.1 Å². The van der Waals surface area contributed by atoms with Gasteiger partial charge < -0.3 is 24.8 Å². The van der Waals surface area contributed by atoms with Gasteiger partial charge in [0.05, 0.1) is 30.4 Å². The number of aliphatic hydroxyl groups is 1. The highest BCUT2D eigenvalue weighted by atomic mass is 16.5. The first-order chi connectivity index (χ1) is 21.2. The van der Waals surface area contributed by atoms with Crippen molar-refractivity contribution in [3.05, 3.63) is 53.9 Å². The summed E-state index contributed by atoms with van der Waals surface area (Å²) >= 11 is 0. The SMILES string of the molecule is C[C@H](CO)N1C[C@H](C)[C@@H](CN(C)Cc2ccncc2)OCCCC[C@H](C)Oc2ccc(NC(=O)C3CCCCC3)cc2C1=O. The fourth-order valence-electron chi connectivity index (χ4n) is 6.24. The van der Waals surface area contributed by atoms with E-state index in [2.05, 4.69) is 29.2 Å². The number of aromatic nitrogens is 1. The van der Waals surface area contributed by atoms with Gasteiger partial charge in [0.1, 0.15) is 5.75 Å². The number of nitrogens with one attached hydrogen (secondary N) is 1. The Hall–Kier alpha value is -3.01. The van der Waals surface area contributed by atoms with Gasteiger partial charge in [-0.1, -0.05) is 26.2 Å². The summed E-state index contributed by atoms with van der Waals surface area (Å²) in [6.07, 6.45) is 11.2. The van der Waals surface area contributed by atoms with E-state index in [9.17, 15) is 14.7 Å². The maximum atomic E-state index is 14.3. The van der Waals surface area contributed by atoms with E-state index in [-0.39, 0.29) is 42.5 Å². The maximum Gasteiger partial charge on any atom is 0.258 e. The molecule has 0 radical (unpaired) electrons. The van der Waals surface area contributed by atoms with Crippen LogP contribution in [0.5, 0.6) is 5.75 Å². The normalized spacial score (nSPS) is 23.4. The lowest BCUT2D eigenvalue weighted by Gasteiger charge is -2.36. The first-order valence-corrected chi connectivity index (χ1v) is 16.5. The lowest BCUT2D eigenvalue weighted by Crippen LogP contribution is -2.47. The second kappa shape index (κ2) is 16.9. The van der Waals surface area contributed by atoms with Crippen molar-refractivity contribution in [1.82, 2.24) is 14.8 Å². The zero-order chi connectivity index (χ0) is 31.5. The van der Waals surface area contributed by atoms with Crippen molar-refractivity contribution in [3.8, 4) is 5.75 Å². The van der Waals surface area contributed by atoms with Crippen LogP contribution in [0.3, 0.4) is 0 Å². The van der Waals surface area contributed by atoms with Crippen LogP contribution in [0.4, 0.5) is 5.69 Å². The molecular weight excluding hydrogens is 556 g/mol. The van der Waals surface area contributed by atoms with Gasteiger partial charge in [-0.25, -0.2) is 0 Å². The summed E-state index contributed by atoms with van der Waals surface area (Å²) in [6, 6.07) is 8.99. The molecule has 2 aromatic rings. The minimum Gasteiger partial charge on any atom is -0.490 e. The smallest absolute Gasteiger partial charge is 0.258 e. The Morgan fingerprint density at radius 3 is 2.55 bits per heavy atom. The Kier molecular flexibility index (Phi) is 13.0. The number of nitrogens with zero attached hydrogens (tertiary/aromatic N) is 3. The standard InChI is InChI=1S/C35H52N4O5/c1-25-21-39(26(2)24-40)35(42)31-20-30(37-34(41)29-11-6-5-7-12-29)13-14-32(31)44-27(3)10-8-9-19-43-33(25)23-38(4)22-28-15-17-36-18-16-28/h13-18,20,25-27,29,33,40H,5-12,19,21-24H2,1-4H3,(H,37,41)/t25-,26+,27-,33+/m0/s1. The minimum absolute atomic E-state index is 0.00442. The molecule has 2 N–H and O–H groups in total. The van der Waals surface area contributed by atoms with Crippen molar-refractivity contribution in [1.29, 1.82) is 0 Å². The molecule has 1 fully saturated rings. The van der Waals surface area contributed by atoms with Crippen LogP contribution >= 0.6 is 0 Å². The molecule has 0 unspecified atom stereocenters. The predicted octanol–water partition coefficient (Wildman–Crippen LogP) is 5.53. The third-order valence-electron chi connectivity index (χ3n) is 8.99. The van der Waals surface area contributed by atoms with Crippen LogP contribution < -0.4 is 10.1 Å². The van der Waals surface area contributed by atoms with Gasteiger partial charge in [-0.3, -0.25) is 19.5 Å². The summed E-state index contributed by atoms with van der Waals surface area (Å²) in [6.45, 7) is 8.33. The summed E-state index contributed by atoms with van der Waals surface area (Å²) in [5, 5.41) is 13.3. The number of anilines is 1. The number of benzene rings is 1. The number of carbonyl (C=O) groups excluding carboxylic acids is 2. The molecule has 44 heavy (non-hydrogen) atoms. The molecular formula is C35H52N4O5. The van der Waals surface area contributed by atoms with E-state index in [0.717, 1.165) is 51.5 Å². The van der Waals surface area contributed by atoms with E-state index >= 15 is 0 Å². The predicted molar refractivity (Wildman–Crippen MR) is 173 cm³/mol. The van der Waals surface area contributed by atoms with Gasteiger partial charge in [0, 0.05) is 56.2 Å². The average Bonchev–Trinajstić information content (AvgIpc) is 3.03. The molecule has 9 heteroatoms. The summed E-state index contributed by atoms with van der Waals surface area (Å²) < 4.78 is 12.8. The molecule has 4 rings (SSSR count). The molecule has 1 saturated carbocycles. The van der Waals surface area contributed by atoms with Crippen molar-refractivity contribution < 1.29 is 24.2 Å². The molecule has 2 amide bonds. The van der Waals surface area contributed by atoms with Gasteiger partial charge in [-0.2, -0.15) is 0 Å². The lowest BCUT2D eigenvalue weighted by atomic mass is 9.88. The number of aliphatic hydroxyl groups excluding tert-OH is 1. The molecule has 0 saturated heterocycles. The Labute approximate surface area is 263 Å². The molecule has 242 valence electrons. The van der Waals surface area contributed by atoms with Gasteiger partial charge in [0.2, 0.25) is 5.91 Å². The van der Waals surface area contributed by atoms with Crippen LogP contribution in [0.25, 0.3) is 0 Å². The van der Waals surface area contributed by atoms with Crippen LogP contribution in [0.1, 0.15) is 88.1 Å². The summed E-state index contributed by atoms with van der Waals surface area (Å²) in [7, 11) is 2.08. The van der Waals surface area contributed by atoms with Gasteiger partial charge in [0.15, 0.2) is 0 Å². The number of fused-ring (bicyclic) bond motifs is 1. The second-order valence-electron chi connectivity index (χ2n) is 12.9. The van der Waals surface area contributed by atoms with E-state index in [1.54, 1.807) is 29.4 Å². The molecule has 0 spiro atoms. The first kappa shape index (κ1) is 33.9. The third kappa shape index (κ3) is 9.74. The van der Waals surface area contributed by atoms with E-state index in [0.29, 0.717) is 36.7 Å². The summed E-state index contributed by atoms with van der Waals surface area (Å²) in [4.78, 5) is 35.5. The maximum absolute atomic E-state index is 14.3. The lowest BCUT2D eigenvalue weighted by molar-refractivity contribution is -0.120. The highest BCUT2D eigenvalue weighted by Crippen LogP contribution is 2.30. The monoisotopic (exact) mass is 608 g/mol. The number of pyridine rings is 1. The molecule has 2 heterocycles. The molecule has 2 aliphatic rings. The van der Waals surface area contributed by atoms with Crippen LogP contribution in [-0.4, -0.2) is 83.3 Å². The summed E-state index contributed by atoms with van der Waals surface area (Å²) in [5.74, 6) is 0.286. The second-order valence-corrected chi connectivity index (χ2v) is 12.9. The number of carbonyl (C=O) groups is 2. The van der Waals surface area contributed by atoms with Crippen molar-refractivity contribution >= 4 is 17.5 Å². The average molecular weight is 609 g/mol. The molecule has 1 aliphatic heterocycles. The number of likely N-dealkylation sites (N-methyl/N-ethyl adjacent to an activating group) is 1. The van der Waals surface area contributed by atoms with E-state index in [1.807, 2.05) is 32.0 Å². The molecule has 4 atom stereocenters. The largest absolute Gasteiger partial charge is 0.490 e. The van der Waals surface area contributed by atoms with Gasteiger partial charge in [-0.05, 0) is 88.9 Å². The first-order valence-electron chi connectivity index (χ1n) is 16.5. The quantitative estimate of drug-likeness (QED) is 0.406. The fraction of sp³-hybridized carbons (Fsp3) is 0.629. The Morgan fingerprint density at radius 2 is 1.82 bits per heavy atom. The minimum atomic E-state index is -0.418. The van der Waals surface area contributed by atoms with Crippen molar-refractivity contribution in [2.24, 2.45) is 11.8 Å². The van der Waals surface area contributed by atoms with Crippen LogP contribution in [0.2, 0.25) is 0 Å². The number of rotatable bonds is 8. The molecule has 1 aromatic carbocycles. The topological polar surface area (TPSA) is 104 Å². The van der Waals surface area contributed by atoms with Crippen molar-refractivity contribution in [2.45, 2.75) is 96.9 Å². The third-order valence-corrected chi connectivity index (χ3v) is 8.99. The zero-order valence-electron chi connectivity index (χ0n) is 27.0. The van der Waals surface area contributed by atoms with Gasteiger partial charge in [-0.15, -0.1) is 0 Å². The molecule has 1 aromatic heterocycles. The molecule has 1 aliphatic carbocycles. The number of ether oxygens (including phenoxy) is 2. The van der Waals surface area contributed by atoms with Gasteiger partial charge in [0.25, 0.3) is 5.91 Å². The van der Waals surface area contributed by atoms with E-state index < -0.39 is 6.04 Å². The van der Waals surface area contributed by atoms with Crippen LogP contribution in [0, 0.1) is 11.8 Å². The number of hydrogen-bond acceptors (Lipinski definition) is 7. The fourth-order valence-corrected chi connectivity index (χ4v) is 6.24. The number of amides is 2. The number of hydrogen-bond donors (Lipinski definition) is 2. The van der Waals surface area contributed by atoms with Crippen molar-refractivity contribution in [3.63, 3.8) is 0 Å². The highest BCUT2D eigenvalue weighted by molar-refractivity contribution is 6.00. The zero-order valence-corrected chi connectivity index (χ0v) is 27.0. The Morgan fingerprint density at radius 1 is 1.09 bits per heavy atom. The molecule has 9 nitrogen and oxygen atoms in total. The van der Waals surface area contributed by atoms with Crippen LogP contribution in [0.15, 0.2) is 42.7 Å². The van der Waals surface area contributed by atoms with Crippen molar-refractivity contribution in [2.75, 3.05) is 38.7 Å². The van der Waals surface area contributed by atoms with Gasteiger partial charge >= 0.3 is 0 Å². The van der Waals surface area contributed by atoms with E-state index in [4.69, 9.17) is 9.47 Å². The summed E-state index contributed by atoms with van der Waals surface area (Å²) in [5.41, 5.74) is 2.17. The highest BCUT2D eigenvalue weighted by Gasteiger charge is 2.31. The van der Waals surface area contributed by atoms with E-state index in [1.165, 1.54) is 12.0 Å². The Balaban J connectivity index is 1.59.